The van der Waals surface area contributed by atoms with Gasteiger partial charge >= 0.3 is 5.97 Å². The van der Waals surface area contributed by atoms with Gasteiger partial charge in [0.15, 0.2) is 11.7 Å². The number of rotatable bonds is 4. The van der Waals surface area contributed by atoms with Gasteiger partial charge in [0, 0.05) is 12.3 Å². The quantitative estimate of drug-likeness (QED) is 0.553. The second-order valence-corrected chi connectivity index (χ2v) is 8.13. The Hall–Kier alpha value is -0.910. The number of benzene rings is 1. The maximum absolute atomic E-state index is 13.1. The highest BCUT2D eigenvalue weighted by molar-refractivity contribution is 5.81. The van der Waals surface area contributed by atoms with Crippen LogP contribution in [0, 0.1) is 5.92 Å². The number of nitrogens with zero attached hydrogens (tertiary/aromatic N) is 1. The number of ether oxygens (including phenoxy) is 1. The Labute approximate surface area is 161 Å². The monoisotopic (exact) mass is 411 g/mol. The van der Waals surface area contributed by atoms with Crippen molar-refractivity contribution in [3.05, 3.63) is 35.9 Å². The summed E-state index contributed by atoms with van der Waals surface area (Å²) in [6.45, 7) is 1.83. The molecule has 5 heteroatoms. The van der Waals surface area contributed by atoms with Crippen LogP contribution in [0.2, 0.25) is 0 Å². The zero-order chi connectivity index (χ0) is 17.2. The van der Waals surface area contributed by atoms with E-state index in [4.69, 9.17) is 4.74 Å². The summed E-state index contributed by atoms with van der Waals surface area (Å²) < 4.78 is 6.68. The van der Waals surface area contributed by atoms with Gasteiger partial charge in [-0.05, 0) is 18.4 Å². The summed E-state index contributed by atoms with van der Waals surface area (Å²) in [6.07, 6.45) is 5.87. The number of likely N-dealkylation sites (tertiary alicyclic amines) is 1. The van der Waals surface area contributed by atoms with Crippen molar-refractivity contribution in [1.29, 1.82) is 0 Å². The second kappa shape index (κ2) is 8.19. The lowest BCUT2D eigenvalue weighted by molar-refractivity contribution is -0.879. The van der Waals surface area contributed by atoms with Crippen LogP contribution in [-0.2, 0) is 15.1 Å². The van der Waals surface area contributed by atoms with Gasteiger partial charge in [-0.3, -0.25) is 0 Å². The smallest absolute Gasteiger partial charge is 0.343 e. The number of halogens is 1. The van der Waals surface area contributed by atoms with E-state index in [1.54, 1.807) is 0 Å². The molecule has 1 aromatic carbocycles. The van der Waals surface area contributed by atoms with Crippen molar-refractivity contribution in [2.45, 2.75) is 50.2 Å². The average molecular weight is 412 g/mol. The molecule has 1 aromatic rings. The molecule has 25 heavy (non-hydrogen) atoms. The van der Waals surface area contributed by atoms with E-state index in [1.165, 1.54) is 6.42 Å². The van der Waals surface area contributed by atoms with E-state index >= 15 is 0 Å². The zero-order valence-corrected chi connectivity index (χ0v) is 16.9. The molecule has 3 rings (SSSR count). The molecule has 1 heterocycles. The Kier molecular flexibility index (Phi) is 6.68. The summed E-state index contributed by atoms with van der Waals surface area (Å²) in [7, 11) is 4.30. The molecule has 0 bridgehead atoms. The van der Waals surface area contributed by atoms with E-state index in [9.17, 15) is 9.90 Å². The van der Waals surface area contributed by atoms with Gasteiger partial charge in [-0.25, -0.2) is 4.79 Å². The average Bonchev–Trinajstić information content (AvgIpc) is 2.94. The van der Waals surface area contributed by atoms with Crippen LogP contribution in [0.3, 0.4) is 0 Å². The summed E-state index contributed by atoms with van der Waals surface area (Å²) >= 11 is 0. The molecule has 0 radical (unpaired) electrons. The van der Waals surface area contributed by atoms with Crippen molar-refractivity contribution in [3.8, 4) is 0 Å². The molecule has 4 nitrogen and oxygen atoms in total. The number of esters is 1. The van der Waals surface area contributed by atoms with Crippen LogP contribution in [0.15, 0.2) is 30.3 Å². The second-order valence-electron chi connectivity index (χ2n) is 8.13. The minimum atomic E-state index is -1.51. The van der Waals surface area contributed by atoms with Crippen molar-refractivity contribution in [3.63, 3.8) is 0 Å². The van der Waals surface area contributed by atoms with E-state index in [0.29, 0.717) is 5.56 Å². The lowest BCUT2D eigenvalue weighted by Crippen LogP contribution is -3.00. The molecule has 1 saturated heterocycles. The van der Waals surface area contributed by atoms with Crippen molar-refractivity contribution in [2.75, 3.05) is 27.2 Å². The predicted octanol–water partition coefficient (Wildman–Crippen LogP) is -0.150. The van der Waals surface area contributed by atoms with Crippen molar-refractivity contribution in [2.24, 2.45) is 5.92 Å². The van der Waals surface area contributed by atoms with E-state index in [-0.39, 0.29) is 29.0 Å². The third-order valence-corrected chi connectivity index (χ3v) is 5.75. The molecule has 2 atom stereocenters. The minimum Gasteiger partial charge on any atom is -1.00 e. The van der Waals surface area contributed by atoms with Gasteiger partial charge in [0.25, 0.3) is 0 Å². The first-order valence-electron chi connectivity index (χ1n) is 9.23. The molecule has 2 aliphatic rings. The largest absolute Gasteiger partial charge is 1.00 e. The third kappa shape index (κ3) is 4.44. The fourth-order valence-electron chi connectivity index (χ4n) is 4.30. The first-order valence-corrected chi connectivity index (χ1v) is 9.23. The van der Waals surface area contributed by atoms with Gasteiger partial charge in [0.1, 0.15) is 6.54 Å². The Morgan fingerprint density at radius 2 is 1.76 bits per heavy atom. The lowest BCUT2D eigenvalue weighted by Gasteiger charge is -2.37. The molecular formula is C20H30BrNO3. The number of aliphatic hydroxyl groups is 1. The SMILES string of the molecule is C[N+]1(C)CC[C@@H](OC(=O)[C@](O)(c2ccccc2)C2CCCCC2)C1.[Br-]. The highest BCUT2D eigenvalue weighted by Crippen LogP contribution is 2.40. The molecule has 0 amide bonds. The summed E-state index contributed by atoms with van der Waals surface area (Å²) in [5, 5.41) is 11.5. The van der Waals surface area contributed by atoms with E-state index in [2.05, 4.69) is 14.1 Å². The van der Waals surface area contributed by atoms with Crippen LogP contribution >= 0.6 is 0 Å². The number of hydrogen-bond donors (Lipinski definition) is 1. The summed E-state index contributed by atoms with van der Waals surface area (Å²) in [4.78, 5) is 13.1. The van der Waals surface area contributed by atoms with E-state index in [1.807, 2.05) is 30.3 Å². The fourth-order valence-corrected chi connectivity index (χ4v) is 4.30. The first-order chi connectivity index (χ1) is 11.4. The standard InChI is InChI=1S/C20H30NO3.BrH/c1-21(2)14-13-18(15-21)24-19(22)20(23,16-9-5-3-6-10-16)17-11-7-4-8-12-17;/h3,5-6,9-10,17-18,23H,4,7-8,11-15H2,1-2H3;1H/q+1;/p-1/t18-,20+;/m1./s1. The van der Waals surface area contributed by atoms with Crippen LogP contribution in [0.1, 0.15) is 44.1 Å². The molecular weight excluding hydrogens is 382 g/mol. The van der Waals surface area contributed by atoms with Crippen LogP contribution in [-0.4, -0.2) is 48.8 Å². The third-order valence-electron chi connectivity index (χ3n) is 5.75. The van der Waals surface area contributed by atoms with Crippen LogP contribution in [0.4, 0.5) is 0 Å². The number of likely N-dealkylation sites (N-methyl/N-ethyl adjacent to an activating group) is 1. The highest BCUT2D eigenvalue weighted by atomic mass is 79.9. The van der Waals surface area contributed by atoms with Gasteiger partial charge in [-0.2, -0.15) is 0 Å². The molecule has 0 spiro atoms. The number of quaternary nitrogens is 1. The van der Waals surface area contributed by atoms with Gasteiger partial charge in [0.2, 0.25) is 0 Å². The van der Waals surface area contributed by atoms with Crippen molar-refractivity contribution >= 4 is 5.97 Å². The van der Waals surface area contributed by atoms with E-state index < -0.39 is 11.6 Å². The molecule has 2 fully saturated rings. The Morgan fingerprint density at radius 3 is 2.32 bits per heavy atom. The summed E-state index contributed by atoms with van der Waals surface area (Å²) in [5.74, 6) is -0.502. The molecule has 1 aliphatic carbocycles. The predicted molar refractivity (Wildman–Crippen MR) is 93.3 cm³/mol. The van der Waals surface area contributed by atoms with Crippen LogP contribution < -0.4 is 17.0 Å². The Morgan fingerprint density at radius 1 is 1.12 bits per heavy atom. The molecule has 0 unspecified atom stereocenters. The molecule has 140 valence electrons. The number of hydrogen-bond acceptors (Lipinski definition) is 3. The Bertz CT molecular complexity index is 572. The topological polar surface area (TPSA) is 46.5 Å². The van der Waals surface area contributed by atoms with E-state index in [0.717, 1.165) is 49.7 Å². The zero-order valence-electron chi connectivity index (χ0n) is 15.3. The van der Waals surface area contributed by atoms with Gasteiger partial charge < -0.3 is 31.3 Å². The maximum Gasteiger partial charge on any atom is 0.343 e. The maximum atomic E-state index is 13.1. The lowest BCUT2D eigenvalue weighted by atomic mass is 9.73. The molecule has 0 aromatic heterocycles. The molecule has 1 saturated carbocycles. The van der Waals surface area contributed by atoms with Crippen molar-refractivity contribution in [1.82, 2.24) is 0 Å². The van der Waals surface area contributed by atoms with Crippen LogP contribution in [0.25, 0.3) is 0 Å². The number of carbonyl (C=O) groups excluding carboxylic acids is 1. The van der Waals surface area contributed by atoms with Gasteiger partial charge in [0.05, 0.1) is 20.6 Å². The van der Waals surface area contributed by atoms with Gasteiger partial charge in [-0.1, -0.05) is 49.6 Å². The Balaban J connectivity index is 0.00000225. The van der Waals surface area contributed by atoms with Gasteiger partial charge in [-0.15, -0.1) is 0 Å². The molecule has 1 N–H and O–H groups in total. The summed E-state index contributed by atoms with van der Waals surface area (Å²) in [5.41, 5.74) is -0.838. The molecule has 1 aliphatic heterocycles. The first kappa shape index (κ1) is 20.4. The minimum absolute atomic E-state index is 0. The normalized spacial score (nSPS) is 25.6. The highest BCUT2D eigenvalue weighted by Gasteiger charge is 2.48. The number of carbonyl (C=O) groups is 1. The fraction of sp³-hybridized carbons (Fsp3) is 0.650. The van der Waals surface area contributed by atoms with Crippen molar-refractivity contribution < 1.29 is 36.1 Å². The van der Waals surface area contributed by atoms with Crippen LogP contribution in [0.5, 0.6) is 0 Å². The summed E-state index contributed by atoms with van der Waals surface area (Å²) in [6, 6.07) is 9.38.